The number of hydrogen-bond donors (Lipinski definition) is 1. The van der Waals surface area contributed by atoms with Crippen LogP contribution in [0.3, 0.4) is 0 Å². The molecule has 4 rings (SSSR count). The minimum absolute atomic E-state index is 0. The van der Waals surface area contributed by atoms with Crippen LogP contribution >= 0.6 is 24.0 Å². The summed E-state index contributed by atoms with van der Waals surface area (Å²) in [7, 11) is 0. The van der Waals surface area contributed by atoms with Crippen molar-refractivity contribution >= 4 is 41.3 Å². The van der Waals surface area contributed by atoms with Gasteiger partial charge < -0.3 is 10.2 Å². The van der Waals surface area contributed by atoms with Crippen molar-refractivity contribution in [1.82, 2.24) is 4.90 Å². The predicted molar refractivity (Wildman–Crippen MR) is 124 cm³/mol. The molecule has 1 N–H and O–H groups in total. The lowest BCUT2D eigenvalue weighted by Crippen LogP contribution is -2.46. The molecule has 0 bridgehead atoms. The SMILES string of the molecule is Cl.O=C1Nc2ccccc2C1CCCCN1CCN(c2ccc(Cl)c(C(F)(F)F)c2)CC1. The number of carbonyl (C=O) groups excluding carboxylic acids is 1. The Morgan fingerprint density at radius 1 is 1.03 bits per heavy atom. The summed E-state index contributed by atoms with van der Waals surface area (Å²) in [5.74, 6) is 0.0109. The summed E-state index contributed by atoms with van der Waals surface area (Å²) >= 11 is 5.73. The molecule has 0 spiro atoms. The molecule has 0 saturated carbocycles. The molecule has 1 unspecified atom stereocenters. The number of halogens is 5. The minimum Gasteiger partial charge on any atom is -0.369 e. The second-order valence-corrected chi connectivity index (χ2v) is 8.52. The Morgan fingerprint density at radius 3 is 2.47 bits per heavy atom. The average molecular weight is 488 g/mol. The summed E-state index contributed by atoms with van der Waals surface area (Å²) in [6.07, 6.45) is -1.68. The zero-order chi connectivity index (χ0) is 22.0. The van der Waals surface area contributed by atoms with Crippen LogP contribution in [0.1, 0.15) is 36.3 Å². The number of alkyl halides is 3. The summed E-state index contributed by atoms with van der Waals surface area (Å²) in [5.41, 5.74) is 1.78. The largest absolute Gasteiger partial charge is 0.417 e. The van der Waals surface area contributed by atoms with Gasteiger partial charge in [0.2, 0.25) is 5.91 Å². The lowest BCUT2D eigenvalue weighted by molar-refractivity contribution is -0.137. The third-order valence-electron chi connectivity index (χ3n) is 6.12. The number of fused-ring (bicyclic) bond motifs is 1. The summed E-state index contributed by atoms with van der Waals surface area (Å²) in [6.45, 7) is 3.89. The highest BCUT2D eigenvalue weighted by Gasteiger charge is 2.34. The van der Waals surface area contributed by atoms with E-state index in [0.29, 0.717) is 18.8 Å². The van der Waals surface area contributed by atoms with Crippen molar-refractivity contribution in [3.05, 3.63) is 58.6 Å². The first-order chi connectivity index (χ1) is 14.8. The van der Waals surface area contributed by atoms with E-state index in [0.717, 1.165) is 56.2 Å². The van der Waals surface area contributed by atoms with E-state index in [1.54, 1.807) is 6.07 Å². The molecule has 2 aromatic rings. The first-order valence-corrected chi connectivity index (χ1v) is 10.9. The molecule has 4 nitrogen and oxygen atoms in total. The van der Waals surface area contributed by atoms with E-state index in [1.165, 1.54) is 6.07 Å². The second kappa shape index (κ2) is 10.3. The Morgan fingerprint density at radius 2 is 1.75 bits per heavy atom. The molecular weight excluding hydrogens is 462 g/mol. The van der Waals surface area contributed by atoms with Crippen molar-refractivity contribution in [2.45, 2.75) is 31.4 Å². The van der Waals surface area contributed by atoms with Gasteiger partial charge in [-0.1, -0.05) is 36.2 Å². The van der Waals surface area contributed by atoms with E-state index in [9.17, 15) is 18.0 Å². The Hall–Kier alpha value is -1.96. The average Bonchev–Trinajstić information content (AvgIpc) is 3.06. The zero-order valence-electron chi connectivity index (χ0n) is 17.5. The van der Waals surface area contributed by atoms with Gasteiger partial charge in [0.15, 0.2) is 0 Å². The van der Waals surface area contributed by atoms with E-state index < -0.39 is 11.7 Å². The molecule has 1 amide bonds. The van der Waals surface area contributed by atoms with Crippen LogP contribution in [0.25, 0.3) is 0 Å². The van der Waals surface area contributed by atoms with Gasteiger partial charge in [0.1, 0.15) is 0 Å². The van der Waals surface area contributed by atoms with Gasteiger partial charge in [0.25, 0.3) is 0 Å². The summed E-state index contributed by atoms with van der Waals surface area (Å²) in [5, 5.41) is 2.67. The first kappa shape index (κ1) is 24.7. The molecule has 0 radical (unpaired) electrons. The topological polar surface area (TPSA) is 35.6 Å². The molecule has 1 fully saturated rings. The van der Waals surface area contributed by atoms with E-state index in [-0.39, 0.29) is 29.3 Å². The van der Waals surface area contributed by atoms with Gasteiger partial charge in [-0.25, -0.2) is 0 Å². The Kier molecular flexibility index (Phi) is 7.96. The molecule has 2 aliphatic heterocycles. The number of carbonyl (C=O) groups is 1. The molecule has 0 aromatic heterocycles. The number of hydrogen-bond acceptors (Lipinski definition) is 3. The third kappa shape index (κ3) is 5.50. The minimum atomic E-state index is -4.45. The highest BCUT2D eigenvalue weighted by atomic mass is 35.5. The number of piperazine rings is 1. The summed E-state index contributed by atoms with van der Waals surface area (Å²) in [6, 6.07) is 12.0. The van der Waals surface area contributed by atoms with Crippen LogP contribution in [0.15, 0.2) is 42.5 Å². The molecule has 2 aromatic carbocycles. The molecule has 32 heavy (non-hydrogen) atoms. The van der Waals surface area contributed by atoms with Crippen molar-refractivity contribution in [3.63, 3.8) is 0 Å². The monoisotopic (exact) mass is 487 g/mol. The van der Waals surface area contributed by atoms with Crippen LogP contribution < -0.4 is 10.2 Å². The maximum Gasteiger partial charge on any atom is 0.417 e. The Balaban J connectivity index is 0.00000289. The maximum absolute atomic E-state index is 13.1. The van der Waals surface area contributed by atoms with Gasteiger partial charge in [-0.3, -0.25) is 9.69 Å². The van der Waals surface area contributed by atoms with Crippen molar-refractivity contribution in [2.24, 2.45) is 0 Å². The van der Waals surface area contributed by atoms with E-state index in [1.807, 2.05) is 29.2 Å². The van der Waals surface area contributed by atoms with Crippen LogP contribution in [0, 0.1) is 0 Å². The van der Waals surface area contributed by atoms with Crippen LogP contribution in [0.5, 0.6) is 0 Å². The fourth-order valence-corrected chi connectivity index (χ4v) is 4.63. The maximum atomic E-state index is 13.1. The van der Waals surface area contributed by atoms with Gasteiger partial charge in [-0.2, -0.15) is 13.2 Å². The normalized spacial score (nSPS) is 18.8. The van der Waals surface area contributed by atoms with Gasteiger partial charge >= 0.3 is 6.18 Å². The fraction of sp³-hybridized carbons (Fsp3) is 0.435. The predicted octanol–water partition coefficient (Wildman–Crippen LogP) is 5.81. The van der Waals surface area contributed by atoms with Gasteiger partial charge in [-0.05, 0) is 49.2 Å². The van der Waals surface area contributed by atoms with Crippen molar-refractivity contribution < 1.29 is 18.0 Å². The number of anilines is 2. The van der Waals surface area contributed by atoms with Gasteiger partial charge in [0, 0.05) is 37.6 Å². The van der Waals surface area contributed by atoms with E-state index in [2.05, 4.69) is 10.2 Å². The van der Waals surface area contributed by atoms with Gasteiger partial charge in [0.05, 0.1) is 16.5 Å². The first-order valence-electron chi connectivity index (χ1n) is 10.6. The lowest BCUT2D eigenvalue weighted by Gasteiger charge is -2.36. The summed E-state index contributed by atoms with van der Waals surface area (Å²) < 4.78 is 39.3. The number of para-hydroxylation sites is 1. The van der Waals surface area contributed by atoms with E-state index >= 15 is 0 Å². The highest BCUT2D eigenvalue weighted by Crippen LogP contribution is 2.37. The van der Waals surface area contributed by atoms with Crippen LogP contribution in [0.2, 0.25) is 5.02 Å². The Labute approximate surface area is 197 Å². The van der Waals surface area contributed by atoms with Crippen molar-refractivity contribution in [3.8, 4) is 0 Å². The quantitative estimate of drug-likeness (QED) is 0.522. The van der Waals surface area contributed by atoms with Crippen molar-refractivity contribution in [2.75, 3.05) is 42.9 Å². The number of rotatable bonds is 6. The van der Waals surface area contributed by atoms with Crippen LogP contribution in [0.4, 0.5) is 24.5 Å². The van der Waals surface area contributed by atoms with Crippen molar-refractivity contribution in [1.29, 1.82) is 0 Å². The van der Waals surface area contributed by atoms with Crippen LogP contribution in [-0.4, -0.2) is 43.5 Å². The number of nitrogens with one attached hydrogen (secondary N) is 1. The number of amides is 1. The molecule has 0 aliphatic carbocycles. The van der Waals surface area contributed by atoms with Crippen LogP contribution in [-0.2, 0) is 11.0 Å². The molecule has 9 heteroatoms. The molecule has 1 saturated heterocycles. The number of unbranched alkanes of at least 4 members (excludes halogenated alkanes) is 1. The second-order valence-electron chi connectivity index (χ2n) is 8.12. The molecular formula is C23H26Cl2F3N3O. The molecule has 174 valence electrons. The smallest absolute Gasteiger partial charge is 0.369 e. The fourth-order valence-electron chi connectivity index (χ4n) is 4.40. The lowest BCUT2D eigenvalue weighted by atomic mass is 9.95. The van der Waals surface area contributed by atoms with Gasteiger partial charge in [-0.15, -0.1) is 12.4 Å². The zero-order valence-corrected chi connectivity index (χ0v) is 19.1. The number of nitrogens with zero attached hydrogens (tertiary/aromatic N) is 2. The standard InChI is InChI=1S/C23H25ClF3N3O.ClH/c24-20-9-8-16(15-19(20)23(25,26)27)30-13-11-29(12-14-30)10-4-3-6-18-17-5-1-2-7-21(17)28-22(18)31;/h1-2,5,7-9,15,18H,3-4,6,10-14H2,(H,28,31);1H. The third-order valence-corrected chi connectivity index (χ3v) is 6.45. The Bertz CT molecular complexity index is 946. The molecule has 1 atom stereocenters. The summed E-state index contributed by atoms with van der Waals surface area (Å²) in [4.78, 5) is 16.5. The molecule has 2 heterocycles. The highest BCUT2D eigenvalue weighted by molar-refractivity contribution is 6.31. The molecule has 2 aliphatic rings. The number of benzene rings is 2. The van der Waals surface area contributed by atoms with E-state index in [4.69, 9.17) is 11.6 Å².